The summed E-state index contributed by atoms with van der Waals surface area (Å²) in [5.74, 6) is 0.125. The van der Waals surface area contributed by atoms with Crippen LogP contribution in [-0.2, 0) is 4.74 Å². The van der Waals surface area contributed by atoms with Gasteiger partial charge in [0.15, 0.2) is 5.78 Å². The number of nitrogens with zero attached hydrogens (tertiary/aromatic N) is 1. The van der Waals surface area contributed by atoms with Crippen LogP contribution in [0.25, 0.3) is 22.0 Å². The highest BCUT2D eigenvalue weighted by molar-refractivity contribution is 6.28. The molecule has 0 saturated carbocycles. The van der Waals surface area contributed by atoms with Crippen LogP contribution in [0, 0.1) is 0 Å². The highest BCUT2D eigenvalue weighted by Crippen LogP contribution is 2.43. The summed E-state index contributed by atoms with van der Waals surface area (Å²) in [6.45, 7) is 3.07. The van der Waals surface area contributed by atoms with Crippen molar-refractivity contribution in [1.29, 1.82) is 0 Å². The number of rotatable bonds is 1. The molecule has 1 aliphatic heterocycles. The van der Waals surface area contributed by atoms with Gasteiger partial charge in [-0.2, -0.15) is 0 Å². The molecule has 2 aliphatic rings. The molecule has 1 aliphatic carbocycles. The second kappa shape index (κ2) is 4.70. The molecule has 4 heteroatoms. The van der Waals surface area contributed by atoms with Crippen molar-refractivity contribution in [2.75, 3.05) is 31.2 Å². The summed E-state index contributed by atoms with van der Waals surface area (Å²) in [5.41, 5.74) is 5.83. The Morgan fingerprint density at radius 1 is 0.957 bits per heavy atom. The minimum absolute atomic E-state index is 0.125. The molecular weight excluding hydrogens is 288 g/mol. The van der Waals surface area contributed by atoms with Crippen LogP contribution in [0.1, 0.15) is 15.9 Å². The van der Waals surface area contributed by atoms with Gasteiger partial charge in [0.25, 0.3) is 0 Å². The van der Waals surface area contributed by atoms with Gasteiger partial charge in [0.2, 0.25) is 0 Å². The summed E-state index contributed by atoms with van der Waals surface area (Å²) in [5, 5.41) is 1.05. The fraction of sp³-hybridized carbons (Fsp3) is 0.211. The zero-order valence-electron chi connectivity index (χ0n) is 12.6. The number of nitrogens with one attached hydrogen (secondary N) is 1. The van der Waals surface area contributed by atoms with Crippen LogP contribution in [0.15, 0.2) is 42.6 Å². The Morgan fingerprint density at radius 2 is 1.74 bits per heavy atom. The van der Waals surface area contributed by atoms with Crippen LogP contribution in [0.3, 0.4) is 0 Å². The number of aromatic nitrogens is 1. The number of benzene rings is 2. The van der Waals surface area contributed by atoms with Crippen molar-refractivity contribution in [3.8, 4) is 11.1 Å². The third-order valence-corrected chi connectivity index (χ3v) is 4.87. The van der Waals surface area contributed by atoms with Crippen LogP contribution in [0.4, 0.5) is 5.69 Å². The molecule has 4 nitrogen and oxygen atoms in total. The first-order valence-electron chi connectivity index (χ1n) is 7.95. The first-order chi connectivity index (χ1) is 11.3. The predicted octanol–water partition coefficient (Wildman–Crippen LogP) is 3.22. The number of morpholine rings is 1. The number of hydrogen-bond acceptors (Lipinski definition) is 3. The molecule has 1 N–H and O–H groups in total. The standard InChI is InChI=1S/C19H16N2O2/c22-19-13-4-2-1-3-12(13)14-11-20-15-5-6-16(18(19)17(14)15)21-7-9-23-10-8-21/h1-6,11,20H,7-10H2. The topological polar surface area (TPSA) is 45.3 Å². The zero-order valence-corrected chi connectivity index (χ0v) is 12.6. The quantitative estimate of drug-likeness (QED) is 0.587. The Hall–Kier alpha value is -2.59. The van der Waals surface area contributed by atoms with Crippen LogP contribution < -0.4 is 4.90 Å². The lowest BCUT2D eigenvalue weighted by Gasteiger charge is -2.31. The number of H-pyrrole nitrogens is 1. The van der Waals surface area contributed by atoms with Crippen LogP contribution in [0.2, 0.25) is 0 Å². The maximum atomic E-state index is 13.2. The summed E-state index contributed by atoms with van der Waals surface area (Å²) in [4.78, 5) is 18.8. The van der Waals surface area contributed by atoms with Gasteiger partial charge in [-0.15, -0.1) is 0 Å². The summed E-state index contributed by atoms with van der Waals surface area (Å²) >= 11 is 0. The van der Waals surface area contributed by atoms with Gasteiger partial charge in [0, 0.05) is 47.0 Å². The van der Waals surface area contributed by atoms with Gasteiger partial charge >= 0.3 is 0 Å². The minimum Gasteiger partial charge on any atom is -0.378 e. The largest absolute Gasteiger partial charge is 0.378 e. The van der Waals surface area contributed by atoms with Gasteiger partial charge in [-0.1, -0.05) is 24.3 Å². The summed E-state index contributed by atoms with van der Waals surface area (Å²) < 4.78 is 5.46. The van der Waals surface area contributed by atoms with Gasteiger partial charge in [0.1, 0.15) is 0 Å². The van der Waals surface area contributed by atoms with Gasteiger partial charge < -0.3 is 14.6 Å². The van der Waals surface area contributed by atoms with Crippen LogP contribution >= 0.6 is 0 Å². The molecule has 0 amide bonds. The van der Waals surface area contributed by atoms with Crippen molar-refractivity contribution in [2.24, 2.45) is 0 Å². The van der Waals surface area contributed by atoms with E-state index in [4.69, 9.17) is 4.74 Å². The lowest BCUT2D eigenvalue weighted by Crippen LogP contribution is -2.37. The second-order valence-corrected chi connectivity index (χ2v) is 6.06. The smallest absolute Gasteiger partial charge is 0.196 e. The molecule has 2 aromatic carbocycles. The summed E-state index contributed by atoms with van der Waals surface area (Å²) in [6, 6.07) is 12.0. The molecule has 3 aromatic rings. The van der Waals surface area contributed by atoms with Crippen molar-refractivity contribution >= 4 is 22.4 Å². The van der Waals surface area contributed by atoms with Gasteiger partial charge in [-0.3, -0.25) is 4.79 Å². The number of fused-ring (bicyclic) bond motifs is 2. The highest BCUT2D eigenvalue weighted by Gasteiger charge is 2.30. The van der Waals surface area contributed by atoms with Gasteiger partial charge in [-0.05, 0) is 17.7 Å². The molecule has 0 radical (unpaired) electrons. The third kappa shape index (κ3) is 1.72. The monoisotopic (exact) mass is 304 g/mol. The molecule has 23 heavy (non-hydrogen) atoms. The van der Waals surface area contributed by atoms with E-state index < -0.39 is 0 Å². The molecule has 0 atom stereocenters. The fourth-order valence-corrected chi connectivity index (χ4v) is 3.77. The van der Waals surface area contributed by atoms with Gasteiger partial charge in [0.05, 0.1) is 18.8 Å². The number of carbonyl (C=O) groups is 1. The highest BCUT2D eigenvalue weighted by atomic mass is 16.5. The molecule has 114 valence electrons. The molecule has 0 spiro atoms. The Balaban J connectivity index is 1.82. The van der Waals surface area contributed by atoms with E-state index in [1.807, 2.05) is 30.5 Å². The molecule has 1 fully saturated rings. The maximum Gasteiger partial charge on any atom is 0.196 e. The molecule has 0 bridgehead atoms. The molecule has 5 rings (SSSR count). The van der Waals surface area contributed by atoms with Crippen LogP contribution in [-0.4, -0.2) is 37.1 Å². The molecule has 0 unspecified atom stereocenters. The van der Waals surface area contributed by atoms with E-state index in [1.165, 1.54) is 0 Å². The summed E-state index contributed by atoms with van der Waals surface area (Å²) in [6.07, 6.45) is 2.02. The Labute approximate surface area is 133 Å². The Morgan fingerprint density at radius 3 is 2.57 bits per heavy atom. The second-order valence-electron chi connectivity index (χ2n) is 6.06. The summed E-state index contributed by atoms with van der Waals surface area (Å²) in [7, 11) is 0. The average molecular weight is 304 g/mol. The van der Waals surface area contributed by atoms with Crippen molar-refractivity contribution in [2.45, 2.75) is 0 Å². The lowest BCUT2D eigenvalue weighted by atomic mass is 9.85. The number of carbonyl (C=O) groups excluding carboxylic acids is 1. The zero-order chi connectivity index (χ0) is 15.4. The molecule has 1 saturated heterocycles. The number of anilines is 1. The van der Waals surface area contributed by atoms with Gasteiger partial charge in [-0.25, -0.2) is 0 Å². The number of aromatic amines is 1. The Bertz CT molecular complexity index is 936. The molecule has 2 heterocycles. The SMILES string of the molecule is O=C1c2ccccc2-c2c[nH]c3ccc(N4CCOCC4)c1c23. The first-order valence-corrected chi connectivity index (χ1v) is 7.95. The van der Waals surface area contributed by atoms with Crippen molar-refractivity contribution in [1.82, 2.24) is 4.98 Å². The normalized spacial score (nSPS) is 16.7. The number of ether oxygens (including phenoxy) is 1. The van der Waals surface area contributed by atoms with E-state index in [1.54, 1.807) is 0 Å². The van der Waals surface area contributed by atoms with E-state index in [0.717, 1.165) is 51.9 Å². The van der Waals surface area contributed by atoms with Crippen molar-refractivity contribution < 1.29 is 9.53 Å². The van der Waals surface area contributed by atoms with E-state index in [2.05, 4.69) is 22.0 Å². The maximum absolute atomic E-state index is 13.2. The van der Waals surface area contributed by atoms with E-state index in [0.29, 0.717) is 13.2 Å². The van der Waals surface area contributed by atoms with Crippen molar-refractivity contribution in [3.63, 3.8) is 0 Å². The van der Waals surface area contributed by atoms with Crippen molar-refractivity contribution in [3.05, 3.63) is 53.7 Å². The molecule has 1 aromatic heterocycles. The minimum atomic E-state index is 0.125. The van der Waals surface area contributed by atoms with E-state index in [-0.39, 0.29) is 5.78 Å². The number of ketones is 1. The average Bonchev–Trinajstić information content (AvgIpc) is 3.05. The van der Waals surface area contributed by atoms with E-state index >= 15 is 0 Å². The third-order valence-electron chi connectivity index (χ3n) is 4.87. The predicted molar refractivity (Wildman–Crippen MR) is 90.2 cm³/mol. The van der Waals surface area contributed by atoms with Crippen LogP contribution in [0.5, 0.6) is 0 Å². The molecular formula is C19H16N2O2. The Kier molecular flexibility index (Phi) is 2.64. The fourth-order valence-electron chi connectivity index (χ4n) is 3.77. The number of hydrogen-bond donors (Lipinski definition) is 1. The van der Waals surface area contributed by atoms with E-state index in [9.17, 15) is 4.79 Å². The first kappa shape index (κ1) is 12.9. The lowest BCUT2D eigenvalue weighted by molar-refractivity contribution is 0.103.